The molecule has 0 saturated heterocycles. The fraction of sp³-hybridized carbons (Fsp3) is 0.417. The largest absolute Gasteiger partial charge is 0.487 e. The van der Waals surface area contributed by atoms with Gasteiger partial charge in [-0.15, -0.1) is 0 Å². The van der Waals surface area contributed by atoms with Gasteiger partial charge in [0.05, 0.1) is 6.42 Å². The van der Waals surface area contributed by atoms with E-state index >= 15 is 0 Å². The molecule has 0 radical (unpaired) electrons. The molecule has 0 bridgehead atoms. The Morgan fingerprint density at radius 2 is 2.00 bits per heavy atom. The van der Waals surface area contributed by atoms with Crippen LogP contribution < -0.4 is 4.74 Å². The Balaban J connectivity index is 1.76. The Labute approximate surface area is 182 Å². The van der Waals surface area contributed by atoms with Gasteiger partial charge in [0.25, 0.3) is 5.91 Å². The number of rotatable bonds is 8. The van der Waals surface area contributed by atoms with Crippen LogP contribution in [0.4, 0.5) is 0 Å². The SMILES string of the molecule is CC(C)CN(CCC(=O)O)C(=O)c1ccc2c(c1)C[C@](C)(Cc1cccc(Cl)c1)O2. The highest BCUT2D eigenvalue weighted by atomic mass is 35.5. The first kappa shape index (κ1) is 22.2. The summed E-state index contributed by atoms with van der Waals surface area (Å²) in [7, 11) is 0. The Morgan fingerprint density at radius 3 is 2.67 bits per heavy atom. The van der Waals surface area contributed by atoms with Gasteiger partial charge in [-0.25, -0.2) is 0 Å². The molecule has 5 nitrogen and oxygen atoms in total. The lowest BCUT2D eigenvalue weighted by Crippen LogP contribution is -2.36. The number of carboxylic acid groups (broad SMARTS) is 1. The first-order valence-corrected chi connectivity index (χ1v) is 10.6. The molecule has 1 aliphatic heterocycles. The van der Waals surface area contributed by atoms with Gasteiger partial charge in [-0.05, 0) is 54.3 Å². The number of aliphatic carboxylic acids is 1. The lowest BCUT2D eigenvalue weighted by atomic mass is 9.91. The van der Waals surface area contributed by atoms with Gasteiger partial charge in [-0.1, -0.05) is 37.6 Å². The Bertz CT molecular complexity index is 943. The van der Waals surface area contributed by atoms with Crippen molar-refractivity contribution in [1.82, 2.24) is 4.90 Å². The highest BCUT2D eigenvalue weighted by Crippen LogP contribution is 2.38. The van der Waals surface area contributed by atoms with Crippen LogP contribution in [0.5, 0.6) is 5.75 Å². The smallest absolute Gasteiger partial charge is 0.305 e. The molecule has 0 saturated carbocycles. The second-order valence-electron chi connectivity index (χ2n) is 8.65. The van der Waals surface area contributed by atoms with Gasteiger partial charge < -0.3 is 14.7 Å². The molecule has 2 aromatic carbocycles. The van der Waals surface area contributed by atoms with Crippen molar-refractivity contribution in [1.29, 1.82) is 0 Å². The van der Waals surface area contributed by atoms with Crippen LogP contribution in [0.25, 0.3) is 0 Å². The molecule has 1 heterocycles. The van der Waals surface area contributed by atoms with Gasteiger partial charge in [0.15, 0.2) is 0 Å². The maximum Gasteiger partial charge on any atom is 0.305 e. The predicted octanol–water partition coefficient (Wildman–Crippen LogP) is 4.85. The molecule has 2 aromatic rings. The summed E-state index contributed by atoms with van der Waals surface area (Å²) in [5.41, 5.74) is 2.25. The number of carbonyl (C=O) groups excluding carboxylic acids is 1. The topological polar surface area (TPSA) is 66.8 Å². The van der Waals surface area contributed by atoms with Gasteiger partial charge in [0.1, 0.15) is 11.4 Å². The van der Waals surface area contributed by atoms with E-state index in [0.717, 1.165) is 16.9 Å². The highest BCUT2D eigenvalue weighted by Gasteiger charge is 2.35. The molecule has 0 unspecified atom stereocenters. The van der Waals surface area contributed by atoms with Gasteiger partial charge in [-0.3, -0.25) is 9.59 Å². The van der Waals surface area contributed by atoms with Crippen molar-refractivity contribution in [3.63, 3.8) is 0 Å². The van der Waals surface area contributed by atoms with Gasteiger partial charge in [-0.2, -0.15) is 0 Å². The van der Waals surface area contributed by atoms with Crippen molar-refractivity contribution in [2.45, 2.75) is 45.6 Å². The van der Waals surface area contributed by atoms with Gasteiger partial charge in [0.2, 0.25) is 0 Å². The van der Waals surface area contributed by atoms with Crippen LogP contribution in [0.15, 0.2) is 42.5 Å². The zero-order valence-corrected chi connectivity index (χ0v) is 18.4. The molecule has 0 spiro atoms. The fourth-order valence-electron chi connectivity index (χ4n) is 3.96. The third-order valence-electron chi connectivity index (χ3n) is 5.16. The molecule has 1 N–H and O–H groups in total. The van der Waals surface area contributed by atoms with Crippen molar-refractivity contribution in [2.75, 3.05) is 13.1 Å². The monoisotopic (exact) mass is 429 g/mol. The molecule has 160 valence electrons. The van der Waals surface area contributed by atoms with E-state index < -0.39 is 11.6 Å². The zero-order valence-electron chi connectivity index (χ0n) is 17.7. The lowest BCUT2D eigenvalue weighted by Gasteiger charge is -2.24. The summed E-state index contributed by atoms with van der Waals surface area (Å²) in [4.78, 5) is 25.7. The Hall–Kier alpha value is -2.53. The van der Waals surface area contributed by atoms with Crippen LogP contribution in [-0.4, -0.2) is 40.6 Å². The van der Waals surface area contributed by atoms with E-state index in [9.17, 15) is 9.59 Å². The second-order valence-corrected chi connectivity index (χ2v) is 9.08. The van der Waals surface area contributed by atoms with Crippen LogP contribution in [-0.2, 0) is 17.6 Å². The van der Waals surface area contributed by atoms with Gasteiger partial charge >= 0.3 is 5.97 Å². The Kier molecular flexibility index (Phi) is 6.71. The minimum atomic E-state index is -0.907. The van der Waals surface area contributed by atoms with Crippen molar-refractivity contribution in [2.24, 2.45) is 5.92 Å². The average molecular weight is 430 g/mol. The van der Waals surface area contributed by atoms with Crippen molar-refractivity contribution in [3.8, 4) is 5.75 Å². The second kappa shape index (κ2) is 9.09. The Morgan fingerprint density at radius 1 is 1.23 bits per heavy atom. The number of hydrogen-bond donors (Lipinski definition) is 1. The third kappa shape index (κ3) is 5.54. The molecule has 0 aromatic heterocycles. The number of amides is 1. The van der Waals surface area contributed by atoms with Crippen LogP contribution >= 0.6 is 11.6 Å². The van der Waals surface area contributed by atoms with Crippen LogP contribution in [0.2, 0.25) is 5.02 Å². The van der Waals surface area contributed by atoms with Crippen molar-refractivity contribution in [3.05, 3.63) is 64.2 Å². The van der Waals surface area contributed by atoms with Crippen LogP contribution in [0.3, 0.4) is 0 Å². The molecular weight excluding hydrogens is 402 g/mol. The summed E-state index contributed by atoms with van der Waals surface area (Å²) >= 11 is 6.11. The minimum Gasteiger partial charge on any atom is -0.487 e. The summed E-state index contributed by atoms with van der Waals surface area (Å²) in [5.74, 6) is -0.00889. The molecule has 1 atom stereocenters. The lowest BCUT2D eigenvalue weighted by molar-refractivity contribution is -0.137. The molecular formula is C24H28ClNO4. The normalized spacial score (nSPS) is 17.5. The highest BCUT2D eigenvalue weighted by molar-refractivity contribution is 6.30. The molecule has 0 fully saturated rings. The predicted molar refractivity (Wildman–Crippen MR) is 117 cm³/mol. The number of halogens is 1. The molecule has 1 aliphatic rings. The first-order chi connectivity index (χ1) is 14.1. The summed E-state index contributed by atoms with van der Waals surface area (Å²) in [6.45, 7) is 6.81. The van der Waals surface area contributed by atoms with Crippen molar-refractivity contribution >= 4 is 23.5 Å². The van der Waals surface area contributed by atoms with Crippen molar-refractivity contribution < 1.29 is 19.4 Å². The number of nitrogens with zero attached hydrogens (tertiary/aromatic N) is 1. The number of hydrogen-bond acceptors (Lipinski definition) is 3. The summed E-state index contributed by atoms with van der Waals surface area (Å²) in [5, 5.41) is 9.71. The number of fused-ring (bicyclic) bond motifs is 1. The van der Waals surface area contributed by atoms with E-state index in [2.05, 4.69) is 6.92 Å². The van der Waals surface area contributed by atoms with E-state index in [0.29, 0.717) is 30.0 Å². The fourth-order valence-corrected chi connectivity index (χ4v) is 4.17. The minimum absolute atomic E-state index is 0.0653. The van der Waals surface area contributed by atoms with Gasteiger partial charge in [0, 0.05) is 36.5 Å². The molecule has 1 amide bonds. The molecule has 3 rings (SSSR count). The van der Waals surface area contributed by atoms with Crippen LogP contribution in [0, 0.1) is 5.92 Å². The summed E-state index contributed by atoms with van der Waals surface area (Å²) in [6.07, 6.45) is 1.34. The standard InChI is InChI=1S/C24H28ClNO4/c1-16(2)15-26(10-9-22(27)28)23(29)18-7-8-21-19(12-18)14-24(3,30-21)13-17-5-4-6-20(25)11-17/h4-8,11-12,16H,9-10,13-15H2,1-3H3,(H,27,28)/t24-/m0/s1. The molecule has 30 heavy (non-hydrogen) atoms. The van der Waals surface area contributed by atoms with E-state index in [-0.39, 0.29) is 24.8 Å². The van der Waals surface area contributed by atoms with E-state index in [1.165, 1.54) is 0 Å². The maximum absolute atomic E-state index is 13.1. The van der Waals surface area contributed by atoms with E-state index in [1.807, 2.05) is 50.2 Å². The number of carboxylic acids is 1. The number of benzene rings is 2. The summed E-state index contributed by atoms with van der Waals surface area (Å²) in [6, 6.07) is 13.3. The quantitative estimate of drug-likeness (QED) is 0.651. The maximum atomic E-state index is 13.1. The van der Waals surface area contributed by atoms with E-state index in [1.54, 1.807) is 11.0 Å². The van der Waals surface area contributed by atoms with Crippen LogP contribution in [0.1, 0.15) is 48.7 Å². The molecule has 6 heteroatoms. The molecule has 0 aliphatic carbocycles. The number of carbonyl (C=O) groups is 2. The first-order valence-electron chi connectivity index (χ1n) is 10.2. The average Bonchev–Trinajstić information content (AvgIpc) is 2.98. The summed E-state index contributed by atoms with van der Waals surface area (Å²) < 4.78 is 6.23. The zero-order chi connectivity index (χ0) is 21.9. The van der Waals surface area contributed by atoms with E-state index in [4.69, 9.17) is 21.4 Å². The number of ether oxygens (including phenoxy) is 1. The third-order valence-corrected chi connectivity index (χ3v) is 5.40.